The molecule has 1 atom stereocenters. The highest BCUT2D eigenvalue weighted by atomic mass is 32.1. The molecule has 1 N–H and O–H groups in total. The molecule has 1 aliphatic rings. The summed E-state index contributed by atoms with van der Waals surface area (Å²) in [6, 6.07) is 0. The van der Waals surface area contributed by atoms with Crippen LogP contribution < -0.4 is 5.32 Å². The van der Waals surface area contributed by atoms with Gasteiger partial charge in [-0.1, -0.05) is 20.3 Å². The molecule has 100 valence electrons. The van der Waals surface area contributed by atoms with E-state index in [4.69, 9.17) is 0 Å². The van der Waals surface area contributed by atoms with E-state index in [-0.39, 0.29) is 0 Å². The highest BCUT2D eigenvalue weighted by Crippen LogP contribution is 2.25. The molecule has 4 nitrogen and oxygen atoms in total. The van der Waals surface area contributed by atoms with Crippen molar-refractivity contribution < 1.29 is 4.79 Å². The molecule has 1 aromatic rings. The van der Waals surface area contributed by atoms with Gasteiger partial charge < -0.3 is 10.2 Å². The van der Waals surface area contributed by atoms with Gasteiger partial charge in [0.1, 0.15) is 0 Å². The molecule has 1 aliphatic heterocycles. The van der Waals surface area contributed by atoms with Crippen molar-refractivity contribution in [1.29, 1.82) is 0 Å². The van der Waals surface area contributed by atoms with Crippen molar-refractivity contribution in [2.45, 2.75) is 39.7 Å². The summed E-state index contributed by atoms with van der Waals surface area (Å²) < 4.78 is 0. The lowest BCUT2D eigenvalue weighted by atomic mass is 10.1. The fourth-order valence-electron chi connectivity index (χ4n) is 2.16. The van der Waals surface area contributed by atoms with E-state index in [1.54, 1.807) is 11.3 Å². The van der Waals surface area contributed by atoms with Gasteiger partial charge in [0.05, 0.1) is 6.54 Å². The van der Waals surface area contributed by atoms with Crippen molar-refractivity contribution in [2.75, 3.05) is 18.4 Å². The average molecular weight is 267 g/mol. The minimum atomic E-state index is 0.290. The van der Waals surface area contributed by atoms with Gasteiger partial charge in [-0.2, -0.15) is 0 Å². The largest absolute Gasteiger partial charge is 0.362 e. The third-order valence-corrected chi connectivity index (χ3v) is 4.24. The van der Waals surface area contributed by atoms with E-state index in [1.807, 2.05) is 11.1 Å². The third-order valence-electron chi connectivity index (χ3n) is 3.30. The molecule has 2 rings (SSSR count). The maximum atomic E-state index is 11.8. The van der Waals surface area contributed by atoms with Crippen molar-refractivity contribution in [2.24, 2.45) is 5.92 Å². The molecule has 0 aliphatic carbocycles. The molecule has 1 amide bonds. The fraction of sp³-hybridized carbons (Fsp3) is 0.692. The van der Waals surface area contributed by atoms with E-state index < -0.39 is 0 Å². The second-order valence-corrected chi connectivity index (χ2v) is 5.93. The number of thiazole rings is 1. The molecule has 1 aromatic heterocycles. The predicted octanol–water partition coefficient (Wildman–Crippen LogP) is 2.72. The fourth-order valence-corrected chi connectivity index (χ4v) is 3.02. The second kappa shape index (κ2) is 6.18. The van der Waals surface area contributed by atoms with Crippen LogP contribution in [-0.2, 0) is 11.3 Å². The van der Waals surface area contributed by atoms with E-state index in [0.29, 0.717) is 11.8 Å². The van der Waals surface area contributed by atoms with Gasteiger partial charge in [-0.15, -0.1) is 11.3 Å². The number of carbonyl (C=O) groups is 1. The molecular formula is C13H21N3OS. The number of hydrogen-bond acceptors (Lipinski definition) is 4. The zero-order chi connectivity index (χ0) is 13.0. The summed E-state index contributed by atoms with van der Waals surface area (Å²) >= 11 is 1.65. The van der Waals surface area contributed by atoms with Crippen LogP contribution in [0.4, 0.5) is 5.13 Å². The zero-order valence-electron chi connectivity index (χ0n) is 11.1. The van der Waals surface area contributed by atoms with Crippen LogP contribution >= 0.6 is 11.3 Å². The van der Waals surface area contributed by atoms with Gasteiger partial charge in [0.2, 0.25) is 5.91 Å². The molecule has 1 saturated heterocycles. The average Bonchev–Trinajstić information content (AvgIpc) is 2.95. The van der Waals surface area contributed by atoms with Crippen molar-refractivity contribution in [3.8, 4) is 0 Å². The lowest BCUT2D eigenvalue weighted by molar-refractivity contribution is -0.128. The van der Waals surface area contributed by atoms with Crippen molar-refractivity contribution in [3.05, 3.63) is 11.1 Å². The standard InChI is InChI=1S/C13H21N3OS/c1-3-5-14-13-15-7-11(18-13)9-16-8-10(4-2)6-12(16)17/h7,10H,3-6,8-9H2,1-2H3,(H,14,15). The molecule has 0 spiro atoms. The lowest BCUT2D eigenvalue weighted by Gasteiger charge is -2.14. The number of amides is 1. The van der Waals surface area contributed by atoms with E-state index >= 15 is 0 Å². The number of aromatic nitrogens is 1. The molecule has 5 heteroatoms. The molecule has 0 saturated carbocycles. The topological polar surface area (TPSA) is 45.2 Å². The Bertz CT molecular complexity index is 405. The Labute approximate surface area is 112 Å². The number of nitrogens with zero attached hydrogens (tertiary/aromatic N) is 2. The van der Waals surface area contributed by atoms with Gasteiger partial charge in [0.25, 0.3) is 0 Å². The Kier molecular flexibility index (Phi) is 4.58. The smallest absolute Gasteiger partial charge is 0.223 e. The van der Waals surface area contributed by atoms with E-state index in [0.717, 1.165) is 44.0 Å². The first-order valence-electron chi connectivity index (χ1n) is 6.69. The van der Waals surface area contributed by atoms with Crippen LogP contribution in [0.25, 0.3) is 0 Å². The summed E-state index contributed by atoms with van der Waals surface area (Å²) in [4.78, 5) is 19.3. The van der Waals surface area contributed by atoms with E-state index in [1.165, 1.54) is 4.88 Å². The number of nitrogens with one attached hydrogen (secondary N) is 1. The first-order valence-corrected chi connectivity index (χ1v) is 7.51. The van der Waals surface area contributed by atoms with Gasteiger partial charge in [-0.25, -0.2) is 4.98 Å². The molecule has 1 unspecified atom stereocenters. The molecule has 0 bridgehead atoms. The Morgan fingerprint density at radius 3 is 3.06 bits per heavy atom. The minimum Gasteiger partial charge on any atom is -0.362 e. The molecule has 0 aromatic carbocycles. The lowest BCUT2D eigenvalue weighted by Crippen LogP contribution is -2.24. The quantitative estimate of drug-likeness (QED) is 0.862. The van der Waals surface area contributed by atoms with Crippen LogP contribution in [0.1, 0.15) is 38.0 Å². The maximum Gasteiger partial charge on any atom is 0.223 e. The van der Waals surface area contributed by atoms with Crippen LogP contribution in [0.3, 0.4) is 0 Å². The van der Waals surface area contributed by atoms with Crippen LogP contribution in [0, 0.1) is 5.92 Å². The molecule has 1 fully saturated rings. The molecule has 0 radical (unpaired) electrons. The summed E-state index contributed by atoms with van der Waals surface area (Å²) in [6.45, 7) is 6.87. The molecule has 18 heavy (non-hydrogen) atoms. The first kappa shape index (κ1) is 13.3. The Morgan fingerprint density at radius 1 is 1.56 bits per heavy atom. The third kappa shape index (κ3) is 3.22. The normalized spacial score (nSPS) is 19.6. The number of carbonyl (C=O) groups excluding carboxylic acids is 1. The van der Waals surface area contributed by atoms with Crippen molar-refractivity contribution in [3.63, 3.8) is 0 Å². The van der Waals surface area contributed by atoms with Gasteiger partial charge in [-0.3, -0.25) is 4.79 Å². The van der Waals surface area contributed by atoms with Crippen LogP contribution in [-0.4, -0.2) is 28.9 Å². The van der Waals surface area contributed by atoms with Crippen LogP contribution in [0.2, 0.25) is 0 Å². The molecule has 2 heterocycles. The summed E-state index contributed by atoms with van der Waals surface area (Å²) in [5, 5.41) is 4.24. The highest BCUT2D eigenvalue weighted by molar-refractivity contribution is 7.15. The molecular weight excluding hydrogens is 246 g/mol. The number of anilines is 1. The minimum absolute atomic E-state index is 0.290. The number of likely N-dealkylation sites (tertiary alicyclic amines) is 1. The van der Waals surface area contributed by atoms with Crippen LogP contribution in [0.15, 0.2) is 6.20 Å². The van der Waals surface area contributed by atoms with Gasteiger partial charge in [0, 0.05) is 30.6 Å². The summed E-state index contributed by atoms with van der Waals surface area (Å²) in [6.07, 6.45) is 4.79. The van der Waals surface area contributed by atoms with Gasteiger partial charge >= 0.3 is 0 Å². The van der Waals surface area contributed by atoms with Crippen LogP contribution in [0.5, 0.6) is 0 Å². The van der Waals surface area contributed by atoms with Crippen molar-refractivity contribution in [1.82, 2.24) is 9.88 Å². The summed E-state index contributed by atoms with van der Waals surface area (Å²) in [5.74, 6) is 0.835. The number of rotatable bonds is 6. The SMILES string of the molecule is CCCNc1ncc(CN2CC(CC)CC2=O)s1. The summed E-state index contributed by atoms with van der Waals surface area (Å²) in [5.41, 5.74) is 0. The Hall–Kier alpha value is -1.10. The predicted molar refractivity (Wildman–Crippen MR) is 74.7 cm³/mol. The van der Waals surface area contributed by atoms with Crippen molar-refractivity contribution >= 4 is 22.4 Å². The Balaban J connectivity index is 1.89. The van der Waals surface area contributed by atoms with Gasteiger partial charge in [0.15, 0.2) is 5.13 Å². The monoisotopic (exact) mass is 267 g/mol. The maximum absolute atomic E-state index is 11.8. The Morgan fingerprint density at radius 2 is 2.39 bits per heavy atom. The second-order valence-electron chi connectivity index (χ2n) is 4.81. The van der Waals surface area contributed by atoms with Gasteiger partial charge in [-0.05, 0) is 12.3 Å². The zero-order valence-corrected chi connectivity index (χ0v) is 11.9. The van der Waals surface area contributed by atoms with E-state index in [9.17, 15) is 4.79 Å². The summed E-state index contributed by atoms with van der Waals surface area (Å²) in [7, 11) is 0. The van der Waals surface area contributed by atoms with E-state index in [2.05, 4.69) is 24.1 Å². The number of hydrogen-bond donors (Lipinski definition) is 1. The highest BCUT2D eigenvalue weighted by Gasteiger charge is 2.28. The first-order chi connectivity index (χ1) is 8.72.